The van der Waals surface area contributed by atoms with Crippen LogP contribution in [0.15, 0.2) is 59.7 Å². The lowest BCUT2D eigenvalue weighted by Crippen LogP contribution is -2.23. The van der Waals surface area contributed by atoms with Gasteiger partial charge in [-0.05, 0) is 62.2 Å². The topological polar surface area (TPSA) is 95.9 Å². The van der Waals surface area contributed by atoms with Crippen LogP contribution in [0.25, 0.3) is 0 Å². The lowest BCUT2D eigenvalue weighted by atomic mass is 10.1. The van der Waals surface area contributed by atoms with Crippen molar-refractivity contribution < 1.29 is 14.3 Å². The minimum absolute atomic E-state index is 0.294. The number of carbonyl (C=O) groups excluding carboxylic acids is 2. The van der Waals surface area contributed by atoms with Gasteiger partial charge in [0, 0.05) is 30.9 Å². The van der Waals surface area contributed by atoms with Crippen LogP contribution in [0.2, 0.25) is 0 Å². The number of aryl methyl sites for hydroxylation is 2. The number of anilines is 2. The highest BCUT2D eigenvalue weighted by Crippen LogP contribution is 2.32. The highest BCUT2D eigenvalue weighted by atomic mass is 16.5. The first-order valence-corrected chi connectivity index (χ1v) is 11.5. The molecule has 0 fully saturated rings. The summed E-state index contributed by atoms with van der Waals surface area (Å²) >= 11 is 0. The van der Waals surface area contributed by atoms with Crippen molar-refractivity contribution in [1.29, 1.82) is 0 Å². The number of pyridine rings is 1. The van der Waals surface area contributed by atoms with Crippen LogP contribution >= 0.6 is 0 Å². The fraction of sp³-hybridized carbons (Fsp3) is 0.259. The molecule has 2 N–H and O–H groups in total. The number of amidine groups is 1. The molecule has 2 aromatic carbocycles. The minimum Gasteiger partial charge on any atom is -0.492 e. The van der Waals surface area contributed by atoms with E-state index < -0.39 is 0 Å². The summed E-state index contributed by atoms with van der Waals surface area (Å²) in [6.45, 7) is 7.69. The van der Waals surface area contributed by atoms with Gasteiger partial charge in [0.1, 0.15) is 17.4 Å². The maximum absolute atomic E-state index is 13.2. The molecule has 1 aliphatic heterocycles. The Hall–Kier alpha value is -4.20. The van der Waals surface area contributed by atoms with Crippen molar-refractivity contribution in [3.63, 3.8) is 0 Å². The molecule has 1 aromatic heterocycles. The highest BCUT2D eigenvalue weighted by Gasteiger charge is 2.21. The Morgan fingerprint density at radius 1 is 1.00 bits per heavy atom. The van der Waals surface area contributed by atoms with Gasteiger partial charge in [0.05, 0.1) is 24.4 Å². The molecule has 0 spiro atoms. The van der Waals surface area contributed by atoms with Crippen LogP contribution in [-0.4, -0.2) is 54.3 Å². The molecule has 8 heteroatoms. The summed E-state index contributed by atoms with van der Waals surface area (Å²) in [4.78, 5) is 37.2. The summed E-state index contributed by atoms with van der Waals surface area (Å²) < 4.78 is 5.78. The number of nitrogens with one attached hydrogen (secondary N) is 2. The minimum atomic E-state index is -0.390. The Labute approximate surface area is 205 Å². The van der Waals surface area contributed by atoms with Crippen molar-refractivity contribution in [2.45, 2.75) is 20.8 Å². The molecule has 0 atom stereocenters. The van der Waals surface area contributed by atoms with Crippen molar-refractivity contribution >= 4 is 29.2 Å². The number of carbonyl (C=O) groups is 2. The van der Waals surface area contributed by atoms with Gasteiger partial charge in [-0.2, -0.15) is 0 Å². The Morgan fingerprint density at radius 2 is 1.77 bits per heavy atom. The predicted molar refractivity (Wildman–Crippen MR) is 138 cm³/mol. The molecular weight excluding hydrogens is 442 g/mol. The number of nitrogens with zero attached hydrogens (tertiary/aromatic N) is 3. The monoisotopic (exact) mass is 471 g/mol. The summed E-state index contributed by atoms with van der Waals surface area (Å²) in [6.07, 6.45) is 1.68. The predicted octanol–water partition coefficient (Wildman–Crippen LogP) is 4.29. The number of aromatic nitrogens is 1. The number of ether oxygens (including phenoxy) is 1. The quantitative estimate of drug-likeness (QED) is 0.536. The Bertz CT molecular complexity index is 1270. The highest BCUT2D eigenvalue weighted by molar-refractivity contribution is 6.13. The van der Waals surface area contributed by atoms with Crippen LogP contribution < -0.4 is 15.4 Å². The standard InChI is InChI=1S/C27H29N5O3/c1-5-35-22-15-18(3)14-21(27(34)30-23-11-6-17(2)16-29-23)24(22)31-26(33)20-9-7-19(8-10-20)25-28-12-13-32(25)4/h6-11,14-16H,5,12-13H2,1-4H3,(H,31,33)(H,29,30,34). The van der Waals surface area contributed by atoms with Gasteiger partial charge in [-0.3, -0.25) is 14.6 Å². The molecule has 35 heavy (non-hydrogen) atoms. The normalized spacial score (nSPS) is 12.8. The molecule has 180 valence electrons. The zero-order valence-electron chi connectivity index (χ0n) is 20.4. The number of hydrogen-bond acceptors (Lipinski definition) is 6. The molecule has 2 heterocycles. The molecule has 0 saturated heterocycles. The summed E-state index contributed by atoms with van der Waals surface area (Å²) in [6, 6.07) is 14.4. The van der Waals surface area contributed by atoms with Crippen LogP contribution in [0, 0.1) is 13.8 Å². The van der Waals surface area contributed by atoms with Crippen molar-refractivity contribution in [3.05, 3.63) is 82.5 Å². The summed E-state index contributed by atoms with van der Waals surface area (Å²) in [7, 11) is 2.00. The lowest BCUT2D eigenvalue weighted by Gasteiger charge is -2.17. The fourth-order valence-corrected chi connectivity index (χ4v) is 3.86. The number of amides is 2. The average Bonchev–Trinajstić information content (AvgIpc) is 3.28. The van der Waals surface area contributed by atoms with E-state index in [1.54, 1.807) is 36.5 Å². The van der Waals surface area contributed by atoms with Gasteiger partial charge in [-0.25, -0.2) is 4.98 Å². The van der Waals surface area contributed by atoms with Crippen LogP contribution in [0.5, 0.6) is 5.75 Å². The van der Waals surface area contributed by atoms with Gasteiger partial charge in [-0.1, -0.05) is 18.2 Å². The average molecular weight is 472 g/mol. The smallest absolute Gasteiger partial charge is 0.259 e. The third-order valence-electron chi connectivity index (χ3n) is 5.65. The van der Waals surface area contributed by atoms with E-state index in [2.05, 4.69) is 25.5 Å². The van der Waals surface area contributed by atoms with Gasteiger partial charge >= 0.3 is 0 Å². The second kappa shape index (κ2) is 10.4. The maximum atomic E-state index is 13.2. The van der Waals surface area contributed by atoms with Crippen molar-refractivity contribution in [3.8, 4) is 5.75 Å². The number of hydrogen-bond donors (Lipinski definition) is 2. The number of benzene rings is 2. The molecule has 0 saturated carbocycles. The third-order valence-corrected chi connectivity index (χ3v) is 5.65. The molecule has 8 nitrogen and oxygen atoms in total. The van der Waals surface area contributed by atoms with E-state index in [1.807, 2.05) is 46.0 Å². The zero-order chi connectivity index (χ0) is 24.9. The number of aliphatic imine (C=N–C) groups is 1. The second-order valence-electron chi connectivity index (χ2n) is 8.45. The molecule has 0 aliphatic carbocycles. The first-order valence-electron chi connectivity index (χ1n) is 11.5. The van der Waals surface area contributed by atoms with E-state index in [0.717, 1.165) is 35.6 Å². The number of rotatable bonds is 7. The summed E-state index contributed by atoms with van der Waals surface area (Å²) in [5, 5.41) is 5.70. The lowest BCUT2D eigenvalue weighted by molar-refractivity contribution is 0.102. The molecule has 4 rings (SSSR count). The van der Waals surface area contributed by atoms with Crippen LogP contribution in [0.1, 0.15) is 44.3 Å². The summed E-state index contributed by atoms with van der Waals surface area (Å²) in [5.41, 5.74) is 3.85. The van der Waals surface area contributed by atoms with Crippen molar-refractivity contribution in [2.24, 2.45) is 4.99 Å². The molecule has 2 amide bonds. The van der Waals surface area contributed by atoms with Crippen LogP contribution in [0.3, 0.4) is 0 Å². The molecule has 3 aromatic rings. The second-order valence-corrected chi connectivity index (χ2v) is 8.45. The summed E-state index contributed by atoms with van der Waals surface area (Å²) in [5.74, 6) is 1.04. The molecular formula is C27H29N5O3. The molecule has 0 radical (unpaired) electrons. The first-order chi connectivity index (χ1) is 16.9. The SMILES string of the molecule is CCOc1cc(C)cc(C(=O)Nc2ccc(C)cn2)c1NC(=O)c1ccc(C2=NCCN2C)cc1. The van der Waals surface area contributed by atoms with E-state index in [9.17, 15) is 9.59 Å². The molecule has 1 aliphatic rings. The Morgan fingerprint density at radius 3 is 2.40 bits per heavy atom. The molecule has 0 unspecified atom stereocenters. The van der Waals surface area contributed by atoms with E-state index >= 15 is 0 Å². The van der Waals surface area contributed by atoms with Gasteiger partial charge in [0.2, 0.25) is 0 Å². The van der Waals surface area contributed by atoms with E-state index in [-0.39, 0.29) is 11.8 Å². The Kier molecular flexibility index (Phi) is 7.10. The van der Waals surface area contributed by atoms with Crippen LogP contribution in [-0.2, 0) is 0 Å². The fourth-order valence-electron chi connectivity index (χ4n) is 3.86. The van der Waals surface area contributed by atoms with Gasteiger partial charge in [0.25, 0.3) is 11.8 Å². The van der Waals surface area contributed by atoms with E-state index in [0.29, 0.717) is 35.0 Å². The van der Waals surface area contributed by atoms with Crippen LogP contribution in [0.4, 0.5) is 11.5 Å². The maximum Gasteiger partial charge on any atom is 0.259 e. The largest absolute Gasteiger partial charge is 0.492 e. The number of likely N-dealkylation sites (N-methyl/N-ethyl adjacent to an activating group) is 1. The van der Waals surface area contributed by atoms with E-state index in [1.165, 1.54) is 0 Å². The van der Waals surface area contributed by atoms with Gasteiger partial charge in [-0.15, -0.1) is 0 Å². The zero-order valence-corrected chi connectivity index (χ0v) is 20.4. The van der Waals surface area contributed by atoms with Gasteiger partial charge in [0.15, 0.2) is 0 Å². The van der Waals surface area contributed by atoms with Crippen molar-refractivity contribution in [2.75, 3.05) is 37.4 Å². The first kappa shape index (κ1) is 23.9. The third kappa shape index (κ3) is 5.48. The Balaban J connectivity index is 1.61. The van der Waals surface area contributed by atoms with Crippen molar-refractivity contribution in [1.82, 2.24) is 9.88 Å². The molecule has 0 bridgehead atoms. The van der Waals surface area contributed by atoms with Gasteiger partial charge < -0.3 is 20.3 Å². The van der Waals surface area contributed by atoms with E-state index in [4.69, 9.17) is 4.74 Å².